The van der Waals surface area contributed by atoms with E-state index in [1.54, 1.807) is 24.3 Å². The second kappa shape index (κ2) is 9.22. The van der Waals surface area contributed by atoms with Gasteiger partial charge in [0, 0.05) is 24.2 Å². The molecule has 4 aromatic rings. The van der Waals surface area contributed by atoms with Gasteiger partial charge in [-0.2, -0.15) is 4.98 Å². The summed E-state index contributed by atoms with van der Waals surface area (Å²) in [6, 6.07) is 10.8. The lowest BCUT2D eigenvalue weighted by atomic mass is 10.1. The maximum absolute atomic E-state index is 14.4. The van der Waals surface area contributed by atoms with Crippen molar-refractivity contribution in [3.05, 3.63) is 76.3 Å². The van der Waals surface area contributed by atoms with Gasteiger partial charge in [0.1, 0.15) is 22.9 Å². The first-order valence-electron chi connectivity index (χ1n) is 11.1. The molecule has 1 aliphatic rings. The van der Waals surface area contributed by atoms with Gasteiger partial charge >= 0.3 is 5.69 Å². The van der Waals surface area contributed by atoms with Crippen molar-refractivity contribution >= 4 is 17.1 Å². The molecule has 2 aromatic heterocycles. The van der Waals surface area contributed by atoms with Crippen molar-refractivity contribution in [2.45, 2.75) is 25.4 Å². The number of piperidine rings is 1. The first-order chi connectivity index (χ1) is 16.5. The predicted molar refractivity (Wildman–Crippen MR) is 125 cm³/mol. The number of benzene rings is 2. The number of nitrogens with zero attached hydrogens (tertiary/aromatic N) is 4. The number of aromatic nitrogens is 4. The van der Waals surface area contributed by atoms with Crippen LogP contribution in [-0.2, 0) is 6.54 Å². The Morgan fingerprint density at radius 2 is 2.00 bits per heavy atom. The third kappa shape index (κ3) is 4.12. The Morgan fingerprint density at radius 3 is 2.74 bits per heavy atom. The molecule has 3 heterocycles. The van der Waals surface area contributed by atoms with Crippen molar-refractivity contribution in [2.24, 2.45) is 0 Å². The highest BCUT2D eigenvalue weighted by atomic mass is 19.1. The monoisotopic (exact) mass is 466 g/mol. The molecule has 2 N–H and O–H groups in total. The number of nitrogens with one attached hydrogen (secondary N) is 2. The number of ether oxygens (including phenoxy) is 1. The van der Waals surface area contributed by atoms with Crippen LogP contribution in [0, 0.1) is 11.6 Å². The van der Waals surface area contributed by atoms with Crippen LogP contribution in [0.4, 0.5) is 14.7 Å². The fourth-order valence-electron chi connectivity index (χ4n) is 4.24. The lowest BCUT2D eigenvalue weighted by Gasteiger charge is -2.23. The Balaban J connectivity index is 1.66. The molecule has 10 heteroatoms. The molecule has 0 spiro atoms. The molecule has 5 rings (SSSR count). The smallest absolute Gasteiger partial charge is 0.335 e. The molecular formula is C24H24F2N6O2. The number of rotatable bonds is 6. The molecule has 0 saturated carbocycles. The Bertz CT molecular complexity index is 1370. The van der Waals surface area contributed by atoms with Gasteiger partial charge in [0.25, 0.3) is 0 Å². The minimum Gasteiger partial charge on any atom is -0.497 e. The molecular weight excluding hydrogens is 442 g/mol. The molecule has 1 saturated heterocycles. The quantitative estimate of drug-likeness (QED) is 0.454. The van der Waals surface area contributed by atoms with E-state index in [1.165, 1.54) is 40.6 Å². The van der Waals surface area contributed by atoms with Crippen molar-refractivity contribution in [3.8, 4) is 11.4 Å². The second-order valence-electron chi connectivity index (χ2n) is 8.20. The third-order valence-corrected chi connectivity index (χ3v) is 5.99. The first-order valence-corrected chi connectivity index (χ1v) is 11.1. The summed E-state index contributed by atoms with van der Waals surface area (Å²) < 4.78 is 36.8. The molecule has 1 fully saturated rings. The number of hydrogen-bond donors (Lipinski definition) is 2. The zero-order valence-electron chi connectivity index (χ0n) is 18.6. The summed E-state index contributed by atoms with van der Waals surface area (Å²) in [7, 11) is 1.54. The fraction of sp³-hybridized carbons (Fsp3) is 0.292. The largest absolute Gasteiger partial charge is 0.497 e. The maximum Gasteiger partial charge on any atom is 0.335 e. The number of methoxy groups -OCH3 is 1. The molecule has 0 amide bonds. The van der Waals surface area contributed by atoms with E-state index < -0.39 is 17.3 Å². The molecule has 0 radical (unpaired) electrons. The molecule has 0 bridgehead atoms. The number of fused-ring (bicyclic) bond motifs is 1. The van der Waals surface area contributed by atoms with Crippen LogP contribution in [0.2, 0.25) is 0 Å². The van der Waals surface area contributed by atoms with Crippen molar-refractivity contribution < 1.29 is 13.5 Å². The van der Waals surface area contributed by atoms with Crippen LogP contribution in [0.15, 0.2) is 53.5 Å². The van der Waals surface area contributed by atoms with Crippen LogP contribution < -0.4 is 21.1 Å². The first kappa shape index (κ1) is 22.0. The van der Waals surface area contributed by atoms with Crippen LogP contribution in [0.5, 0.6) is 5.75 Å². The normalized spacial score (nSPS) is 16.0. The molecule has 1 aliphatic heterocycles. The number of anilines is 1. The van der Waals surface area contributed by atoms with Gasteiger partial charge in [-0.3, -0.25) is 4.57 Å². The minimum absolute atomic E-state index is 0.165. The summed E-state index contributed by atoms with van der Waals surface area (Å²) in [5.74, 6) is -0.505. The zero-order valence-corrected chi connectivity index (χ0v) is 18.6. The standard InChI is InChI=1S/C24H24F2N6O2/c1-34-17-7-2-6-16(11-17)32-22-21(13-28-23(30-22)29-15-5-4-10-27-12-15)31(24(32)33)14-18-19(25)8-3-9-20(18)26/h2-3,6-9,11,13,15,27H,4-5,10,12,14H2,1H3,(H,28,29,30). The average Bonchev–Trinajstić information content (AvgIpc) is 3.12. The summed E-state index contributed by atoms with van der Waals surface area (Å²) in [5.41, 5.74) is 0.520. The van der Waals surface area contributed by atoms with Gasteiger partial charge < -0.3 is 15.4 Å². The van der Waals surface area contributed by atoms with Crippen molar-refractivity contribution in [1.29, 1.82) is 0 Å². The van der Waals surface area contributed by atoms with Gasteiger partial charge in [-0.1, -0.05) is 12.1 Å². The number of halogens is 2. The lowest BCUT2D eigenvalue weighted by molar-refractivity contribution is 0.414. The van der Waals surface area contributed by atoms with Gasteiger partial charge in [0.15, 0.2) is 5.65 Å². The summed E-state index contributed by atoms with van der Waals surface area (Å²) in [4.78, 5) is 22.6. The van der Waals surface area contributed by atoms with Crippen LogP contribution in [0.25, 0.3) is 16.9 Å². The highest BCUT2D eigenvalue weighted by Gasteiger charge is 2.21. The SMILES string of the molecule is COc1cccc(-n2c(=O)n(Cc3c(F)cccc3F)c3cnc(NC4CCCNC4)nc32)c1. The summed E-state index contributed by atoms with van der Waals surface area (Å²) in [6.45, 7) is 1.47. The van der Waals surface area contributed by atoms with Gasteiger partial charge in [0.05, 0.1) is 25.5 Å². The lowest BCUT2D eigenvalue weighted by Crippen LogP contribution is -2.38. The topological polar surface area (TPSA) is 86.0 Å². The van der Waals surface area contributed by atoms with Crippen molar-refractivity contribution in [3.63, 3.8) is 0 Å². The van der Waals surface area contributed by atoms with Gasteiger partial charge in [-0.05, 0) is 43.7 Å². The zero-order chi connectivity index (χ0) is 23.7. The molecule has 0 aliphatic carbocycles. The minimum atomic E-state index is -0.724. The number of hydrogen-bond acceptors (Lipinski definition) is 6. The van der Waals surface area contributed by atoms with Gasteiger partial charge in [-0.15, -0.1) is 0 Å². The van der Waals surface area contributed by atoms with E-state index in [2.05, 4.69) is 20.6 Å². The van der Waals surface area contributed by atoms with E-state index in [0.717, 1.165) is 25.9 Å². The van der Waals surface area contributed by atoms with Crippen molar-refractivity contribution in [1.82, 2.24) is 24.4 Å². The molecule has 1 atom stereocenters. The van der Waals surface area contributed by atoms with Crippen LogP contribution >= 0.6 is 0 Å². The van der Waals surface area contributed by atoms with E-state index in [9.17, 15) is 13.6 Å². The highest BCUT2D eigenvalue weighted by Crippen LogP contribution is 2.23. The van der Waals surface area contributed by atoms with E-state index in [0.29, 0.717) is 28.5 Å². The Morgan fingerprint density at radius 1 is 1.21 bits per heavy atom. The predicted octanol–water partition coefficient (Wildman–Crippen LogP) is 3.08. The Labute approximate surface area is 194 Å². The summed E-state index contributed by atoms with van der Waals surface area (Å²) in [5, 5.41) is 6.65. The molecule has 176 valence electrons. The van der Waals surface area contributed by atoms with E-state index in [4.69, 9.17) is 4.74 Å². The summed E-state index contributed by atoms with van der Waals surface area (Å²) >= 11 is 0. The van der Waals surface area contributed by atoms with Gasteiger partial charge in [-0.25, -0.2) is 23.1 Å². The summed E-state index contributed by atoms with van der Waals surface area (Å²) in [6.07, 6.45) is 3.53. The fourth-order valence-corrected chi connectivity index (χ4v) is 4.24. The van der Waals surface area contributed by atoms with Crippen molar-refractivity contribution in [2.75, 3.05) is 25.5 Å². The van der Waals surface area contributed by atoms with Crippen LogP contribution in [-0.4, -0.2) is 45.3 Å². The van der Waals surface area contributed by atoms with E-state index >= 15 is 0 Å². The Hall–Kier alpha value is -3.79. The average molecular weight is 466 g/mol. The molecule has 1 unspecified atom stereocenters. The van der Waals surface area contributed by atoms with Crippen LogP contribution in [0.1, 0.15) is 18.4 Å². The van der Waals surface area contributed by atoms with Gasteiger partial charge in [0.2, 0.25) is 5.95 Å². The van der Waals surface area contributed by atoms with E-state index in [1.807, 2.05) is 0 Å². The second-order valence-corrected chi connectivity index (χ2v) is 8.20. The third-order valence-electron chi connectivity index (χ3n) is 5.99. The molecule has 34 heavy (non-hydrogen) atoms. The maximum atomic E-state index is 14.4. The molecule has 8 nitrogen and oxygen atoms in total. The van der Waals surface area contributed by atoms with E-state index in [-0.39, 0.29) is 18.2 Å². The molecule has 2 aromatic carbocycles. The Kier molecular flexibility index (Phi) is 5.97. The number of imidazole rings is 1. The highest BCUT2D eigenvalue weighted by molar-refractivity contribution is 5.74. The van der Waals surface area contributed by atoms with Crippen LogP contribution in [0.3, 0.4) is 0 Å².